The number of hydrogen-bond acceptors (Lipinski definition) is 2. The van der Waals surface area contributed by atoms with Gasteiger partial charge in [0.15, 0.2) is 0 Å². The predicted octanol–water partition coefficient (Wildman–Crippen LogP) is 2.68. The first-order valence-corrected chi connectivity index (χ1v) is 5.50. The third-order valence-electron chi connectivity index (χ3n) is 3.12. The Hall–Kier alpha value is -0.860. The summed E-state index contributed by atoms with van der Waals surface area (Å²) < 4.78 is 5.92. The van der Waals surface area contributed by atoms with Gasteiger partial charge in [-0.1, -0.05) is 30.3 Å². The number of ether oxygens (including phenoxy) is 1. The molecule has 1 aliphatic heterocycles. The smallest absolute Gasteiger partial charge is 0.0892 e. The summed E-state index contributed by atoms with van der Waals surface area (Å²) in [6.07, 6.45) is 1.49. The van der Waals surface area contributed by atoms with Crippen LogP contribution in [0.15, 0.2) is 30.3 Å². The van der Waals surface area contributed by atoms with Crippen LogP contribution in [0.25, 0.3) is 0 Å². The van der Waals surface area contributed by atoms with Gasteiger partial charge in [-0.25, -0.2) is 0 Å². The van der Waals surface area contributed by atoms with Crippen molar-refractivity contribution in [1.29, 1.82) is 0 Å². The molecule has 15 heavy (non-hydrogen) atoms. The lowest BCUT2D eigenvalue weighted by Gasteiger charge is -2.40. The molecule has 0 amide bonds. The van der Waals surface area contributed by atoms with E-state index in [-0.39, 0.29) is 12.2 Å². The first-order chi connectivity index (χ1) is 7.09. The molecule has 0 spiro atoms. The van der Waals surface area contributed by atoms with Gasteiger partial charge in [0.2, 0.25) is 0 Å². The van der Waals surface area contributed by atoms with Crippen molar-refractivity contribution in [3.63, 3.8) is 0 Å². The Balaban J connectivity index is 2.14. The SMILES string of the molecule is CC1(C)O[C@@H](c2ccccc2)CC[C@@H]1O. The van der Waals surface area contributed by atoms with Crippen molar-refractivity contribution in [2.75, 3.05) is 0 Å². The van der Waals surface area contributed by atoms with E-state index in [1.165, 1.54) is 5.56 Å². The van der Waals surface area contributed by atoms with Crippen LogP contribution >= 0.6 is 0 Å². The van der Waals surface area contributed by atoms with Crippen LogP contribution in [0.4, 0.5) is 0 Å². The molecule has 0 aliphatic carbocycles. The molecule has 1 saturated heterocycles. The molecule has 0 unspecified atom stereocenters. The van der Waals surface area contributed by atoms with Crippen molar-refractivity contribution in [1.82, 2.24) is 0 Å². The highest BCUT2D eigenvalue weighted by Gasteiger charge is 2.36. The zero-order valence-electron chi connectivity index (χ0n) is 9.31. The van der Waals surface area contributed by atoms with Gasteiger partial charge in [0.05, 0.1) is 17.8 Å². The molecule has 1 N–H and O–H groups in total. The number of hydrogen-bond donors (Lipinski definition) is 1. The Morgan fingerprint density at radius 1 is 1.20 bits per heavy atom. The van der Waals surface area contributed by atoms with Gasteiger partial charge in [0, 0.05) is 0 Å². The fourth-order valence-electron chi connectivity index (χ4n) is 2.06. The minimum atomic E-state index is -0.432. The van der Waals surface area contributed by atoms with Crippen molar-refractivity contribution in [3.05, 3.63) is 35.9 Å². The minimum Gasteiger partial charge on any atom is -0.390 e. The van der Waals surface area contributed by atoms with Crippen LogP contribution in [0.2, 0.25) is 0 Å². The van der Waals surface area contributed by atoms with Crippen molar-refractivity contribution in [2.45, 2.75) is 44.5 Å². The fourth-order valence-corrected chi connectivity index (χ4v) is 2.06. The second-order valence-electron chi connectivity index (χ2n) is 4.71. The lowest BCUT2D eigenvalue weighted by Crippen LogP contribution is -2.43. The average molecular weight is 206 g/mol. The summed E-state index contributed by atoms with van der Waals surface area (Å²) in [6.45, 7) is 3.90. The molecule has 1 heterocycles. The standard InChI is InChI=1S/C13H18O2/c1-13(2)12(14)9-8-11(15-13)10-6-4-3-5-7-10/h3-7,11-12,14H,8-9H2,1-2H3/t11-,12+/m1/s1. The van der Waals surface area contributed by atoms with Gasteiger partial charge >= 0.3 is 0 Å². The highest BCUT2D eigenvalue weighted by molar-refractivity contribution is 5.18. The summed E-state index contributed by atoms with van der Waals surface area (Å²) in [7, 11) is 0. The normalized spacial score (nSPS) is 30.1. The molecule has 2 nitrogen and oxygen atoms in total. The van der Waals surface area contributed by atoms with E-state index in [9.17, 15) is 5.11 Å². The monoisotopic (exact) mass is 206 g/mol. The Bertz CT molecular complexity index is 319. The van der Waals surface area contributed by atoms with E-state index >= 15 is 0 Å². The molecule has 0 radical (unpaired) electrons. The molecule has 2 rings (SSSR count). The van der Waals surface area contributed by atoms with Gasteiger partial charge in [-0.05, 0) is 32.3 Å². The molecule has 0 aromatic heterocycles. The van der Waals surface area contributed by atoms with E-state index in [4.69, 9.17) is 4.74 Å². The zero-order chi connectivity index (χ0) is 10.9. The van der Waals surface area contributed by atoms with Crippen molar-refractivity contribution >= 4 is 0 Å². The Labute approximate surface area is 90.9 Å². The van der Waals surface area contributed by atoms with Crippen LogP contribution in [0, 0.1) is 0 Å². The van der Waals surface area contributed by atoms with Gasteiger partial charge in [-0.15, -0.1) is 0 Å². The van der Waals surface area contributed by atoms with E-state index in [0.29, 0.717) is 0 Å². The third-order valence-corrected chi connectivity index (χ3v) is 3.12. The average Bonchev–Trinajstić information content (AvgIpc) is 2.23. The maximum atomic E-state index is 9.78. The van der Waals surface area contributed by atoms with Gasteiger partial charge < -0.3 is 9.84 Å². The second kappa shape index (κ2) is 3.95. The molecule has 1 aliphatic rings. The molecule has 1 fully saturated rings. The van der Waals surface area contributed by atoms with E-state index in [2.05, 4.69) is 12.1 Å². The van der Waals surface area contributed by atoms with Crippen LogP contribution in [0.3, 0.4) is 0 Å². The molecular weight excluding hydrogens is 188 g/mol. The molecule has 2 atom stereocenters. The van der Waals surface area contributed by atoms with Crippen LogP contribution in [0.5, 0.6) is 0 Å². The van der Waals surface area contributed by atoms with E-state index in [1.54, 1.807) is 0 Å². The first-order valence-electron chi connectivity index (χ1n) is 5.50. The number of aliphatic hydroxyl groups excluding tert-OH is 1. The summed E-state index contributed by atoms with van der Waals surface area (Å²) >= 11 is 0. The number of aliphatic hydroxyl groups is 1. The quantitative estimate of drug-likeness (QED) is 0.765. The molecule has 82 valence electrons. The third kappa shape index (κ3) is 2.21. The highest BCUT2D eigenvalue weighted by Crippen LogP contribution is 2.36. The van der Waals surface area contributed by atoms with Gasteiger partial charge in [0.1, 0.15) is 0 Å². The topological polar surface area (TPSA) is 29.5 Å². The molecule has 1 aromatic rings. The molecule has 0 saturated carbocycles. The maximum absolute atomic E-state index is 9.78. The van der Waals surface area contributed by atoms with Gasteiger partial charge in [-0.3, -0.25) is 0 Å². The van der Waals surface area contributed by atoms with Gasteiger partial charge in [-0.2, -0.15) is 0 Å². The van der Waals surface area contributed by atoms with Crippen molar-refractivity contribution < 1.29 is 9.84 Å². The summed E-state index contributed by atoms with van der Waals surface area (Å²) in [4.78, 5) is 0. The van der Waals surface area contributed by atoms with Crippen LogP contribution in [-0.2, 0) is 4.74 Å². The van der Waals surface area contributed by atoms with E-state index in [1.807, 2.05) is 32.0 Å². The summed E-state index contributed by atoms with van der Waals surface area (Å²) in [5, 5.41) is 9.78. The van der Waals surface area contributed by atoms with Crippen LogP contribution < -0.4 is 0 Å². The fraction of sp³-hybridized carbons (Fsp3) is 0.538. The van der Waals surface area contributed by atoms with Crippen molar-refractivity contribution in [3.8, 4) is 0 Å². The summed E-state index contributed by atoms with van der Waals surface area (Å²) in [6, 6.07) is 10.2. The Kier molecular flexibility index (Phi) is 2.81. The Morgan fingerprint density at radius 2 is 1.87 bits per heavy atom. The maximum Gasteiger partial charge on any atom is 0.0892 e. The van der Waals surface area contributed by atoms with E-state index in [0.717, 1.165) is 12.8 Å². The lowest BCUT2D eigenvalue weighted by molar-refractivity contribution is -0.172. The molecule has 0 bridgehead atoms. The lowest BCUT2D eigenvalue weighted by atomic mass is 9.89. The first kappa shape index (κ1) is 10.7. The zero-order valence-corrected chi connectivity index (χ0v) is 9.31. The molecular formula is C13H18O2. The Morgan fingerprint density at radius 3 is 2.47 bits per heavy atom. The van der Waals surface area contributed by atoms with E-state index < -0.39 is 5.60 Å². The minimum absolute atomic E-state index is 0.129. The number of benzene rings is 1. The van der Waals surface area contributed by atoms with Crippen LogP contribution in [-0.4, -0.2) is 16.8 Å². The summed E-state index contributed by atoms with van der Waals surface area (Å²) in [5.41, 5.74) is 0.774. The van der Waals surface area contributed by atoms with Crippen LogP contribution in [0.1, 0.15) is 38.4 Å². The number of rotatable bonds is 1. The predicted molar refractivity (Wildman–Crippen MR) is 59.6 cm³/mol. The van der Waals surface area contributed by atoms with Gasteiger partial charge in [0.25, 0.3) is 0 Å². The molecule has 2 heteroatoms. The molecule has 1 aromatic carbocycles. The second-order valence-corrected chi connectivity index (χ2v) is 4.71. The van der Waals surface area contributed by atoms with Crippen molar-refractivity contribution in [2.24, 2.45) is 0 Å². The highest BCUT2D eigenvalue weighted by atomic mass is 16.5. The largest absolute Gasteiger partial charge is 0.390 e. The summed E-state index contributed by atoms with van der Waals surface area (Å²) in [5.74, 6) is 0.